The summed E-state index contributed by atoms with van der Waals surface area (Å²) >= 11 is 0. The van der Waals surface area contributed by atoms with E-state index in [9.17, 15) is 9.59 Å². The molecule has 2 saturated carbocycles. The van der Waals surface area contributed by atoms with E-state index in [1.165, 1.54) is 12.8 Å². The van der Waals surface area contributed by atoms with Crippen LogP contribution >= 0.6 is 0 Å². The molecule has 0 aromatic heterocycles. The van der Waals surface area contributed by atoms with Gasteiger partial charge in [0.2, 0.25) is 5.91 Å². The minimum Gasteiger partial charge on any atom is -0.481 e. The minimum atomic E-state index is -0.776. The lowest BCUT2D eigenvalue weighted by Gasteiger charge is -2.20. The summed E-state index contributed by atoms with van der Waals surface area (Å²) in [5.74, 6) is 1.09. The van der Waals surface area contributed by atoms with E-state index in [4.69, 9.17) is 5.11 Å². The van der Waals surface area contributed by atoms with Crippen LogP contribution in [-0.2, 0) is 9.59 Å². The number of amides is 1. The number of nitrogens with zero attached hydrogens (tertiary/aromatic N) is 1. The molecule has 3 aliphatic rings. The second kappa shape index (κ2) is 3.47. The Kier molecular flexibility index (Phi) is 2.25. The molecule has 3 fully saturated rings. The lowest BCUT2D eigenvalue weighted by molar-refractivity contribution is -0.147. The Labute approximate surface area is 101 Å². The van der Waals surface area contributed by atoms with Gasteiger partial charge in [0.15, 0.2) is 0 Å². The Bertz CT molecular complexity index is 377. The number of aliphatic carboxylic acids is 1. The Morgan fingerprint density at radius 3 is 2.59 bits per heavy atom. The van der Waals surface area contributed by atoms with Crippen LogP contribution in [0.3, 0.4) is 0 Å². The molecule has 1 amide bonds. The third kappa shape index (κ3) is 1.83. The molecule has 1 saturated heterocycles. The van der Waals surface area contributed by atoms with Gasteiger partial charge >= 0.3 is 5.97 Å². The maximum atomic E-state index is 12.2. The van der Waals surface area contributed by atoms with Crippen LogP contribution < -0.4 is 0 Å². The number of hydrogen-bond acceptors (Lipinski definition) is 2. The fourth-order valence-corrected chi connectivity index (χ4v) is 3.10. The highest BCUT2D eigenvalue weighted by Crippen LogP contribution is 2.55. The highest BCUT2D eigenvalue weighted by Gasteiger charge is 2.54. The topological polar surface area (TPSA) is 57.6 Å². The molecule has 17 heavy (non-hydrogen) atoms. The van der Waals surface area contributed by atoms with Gasteiger partial charge in [-0.3, -0.25) is 9.59 Å². The zero-order chi connectivity index (χ0) is 12.2. The number of carbonyl (C=O) groups excluding carboxylic acids is 1. The summed E-state index contributed by atoms with van der Waals surface area (Å²) in [6, 6.07) is 0. The van der Waals surface area contributed by atoms with Crippen molar-refractivity contribution in [2.24, 2.45) is 23.2 Å². The first kappa shape index (κ1) is 11.1. The van der Waals surface area contributed by atoms with Gasteiger partial charge in [0.25, 0.3) is 0 Å². The van der Waals surface area contributed by atoms with Gasteiger partial charge in [0.1, 0.15) is 0 Å². The largest absolute Gasteiger partial charge is 0.481 e. The molecule has 0 aromatic rings. The van der Waals surface area contributed by atoms with Gasteiger partial charge in [-0.05, 0) is 44.4 Å². The van der Waals surface area contributed by atoms with Crippen molar-refractivity contribution in [2.75, 3.05) is 13.1 Å². The van der Waals surface area contributed by atoms with Crippen molar-refractivity contribution >= 4 is 11.9 Å². The van der Waals surface area contributed by atoms with Crippen LogP contribution in [0.25, 0.3) is 0 Å². The van der Waals surface area contributed by atoms with Gasteiger partial charge in [-0.15, -0.1) is 0 Å². The summed E-state index contributed by atoms with van der Waals surface area (Å²) in [6.07, 6.45) is 4.22. The zero-order valence-corrected chi connectivity index (χ0v) is 10.2. The average Bonchev–Trinajstić information content (AvgIpc) is 3.14. The Morgan fingerprint density at radius 2 is 2.06 bits per heavy atom. The molecule has 1 heterocycles. The van der Waals surface area contributed by atoms with Crippen LogP contribution in [-0.4, -0.2) is 35.0 Å². The molecule has 1 aliphatic heterocycles. The maximum Gasteiger partial charge on any atom is 0.311 e. The third-order valence-corrected chi connectivity index (χ3v) is 4.69. The van der Waals surface area contributed by atoms with Crippen molar-refractivity contribution in [3.8, 4) is 0 Å². The highest BCUT2D eigenvalue weighted by atomic mass is 16.4. The lowest BCUT2D eigenvalue weighted by atomic mass is 9.90. The van der Waals surface area contributed by atoms with Crippen LogP contribution in [0.5, 0.6) is 0 Å². The first-order chi connectivity index (χ1) is 8.01. The molecule has 3 atom stereocenters. The monoisotopic (exact) mass is 237 g/mol. The molecule has 0 aromatic carbocycles. The molecule has 0 spiro atoms. The molecular weight excluding hydrogens is 218 g/mol. The molecule has 4 heteroatoms. The van der Waals surface area contributed by atoms with Crippen LogP contribution in [0.15, 0.2) is 0 Å². The Balaban J connectivity index is 1.59. The molecule has 0 bridgehead atoms. The fraction of sp³-hybridized carbons (Fsp3) is 0.846. The van der Waals surface area contributed by atoms with Crippen LogP contribution in [0.2, 0.25) is 0 Å². The highest BCUT2D eigenvalue weighted by molar-refractivity contribution is 5.84. The van der Waals surface area contributed by atoms with E-state index in [1.807, 2.05) is 0 Å². The molecular formula is C13H19NO3. The zero-order valence-electron chi connectivity index (χ0n) is 10.2. The summed E-state index contributed by atoms with van der Waals surface area (Å²) in [5.41, 5.74) is -0.723. The number of carbonyl (C=O) groups is 2. The second-order valence-electron chi connectivity index (χ2n) is 6.22. The number of hydrogen-bond donors (Lipinski definition) is 1. The standard InChI is InChI=1S/C13H19NO3/c1-13(12(16)17)4-5-14(7-13)11(15)10-6-9(10)8-2-3-8/h8-10H,2-7H2,1H3,(H,16,17). The van der Waals surface area contributed by atoms with Gasteiger partial charge < -0.3 is 10.0 Å². The summed E-state index contributed by atoms with van der Waals surface area (Å²) in [4.78, 5) is 25.1. The number of carboxylic acid groups (broad SMARTS) is 1. The number of likely N-dealkylation sites (tertiary alicyclic amines) is 1. The minimum absolute atomic E-state index is 0.215. The maximum absolute atomic E-state index is 12.2. The van der Waals surface area contributed by atoms with Gasteiger partial charge in [0.05, 0.1) is 5.41 Å². The van der Waals surface area contributed by atoms with Crippen molar-refractivity contribution in [3.05, 3.63) is 0 Å². The van der Waals surface area contributed by atoms with Crippen molar-refractivity contribution in [2.45, 2.75) is 32.6 Å². The van der Waals surface area contributed by atoms with E-state index in [2.05, 4.69) is 0 Å². The van der Waals surface area contributed by atoms with E-state index < -0.39 is 11.4 Å². The smallest absolute Gasteiger partial charge is 0.311 e. The molecule has 94 valence electrons. The third-order valence-electron chi connectivity index (χ3n) is 4.69. The first-order valence-corrected chi connectivity index (χ1v) is 6.53. The molecule has 0 radical (unpaired) electrons. The van der Waals surface area contributed by atoms with Gasteiger partial charge in [-0.25, -0.2) is 0 Å². The van der Waals surface area contributed by atoms with Crippen molar-refractivity contribution in [3.63, 3.8) is 0 Å². The van der Waals surface area contributed by atoms with Gasteiger partial charge in [0, 0.05) is 19.0 Å². The lowest BCUT2D eigenvalue weighted by Crippen LogP contribution is -2.35. The molecule has 1 N–H and O–H groups in total. The summed E-state index contributed by atoms with van der Waals surface area (Å²) in [6.45, 7) is 2.76. The molecule has 3 unspecified atom stereocenters. The van der Waals surface area contributed by atoms with Crippen molar-refractivity contribution < 1.29 is 14.7 Å². The first-order valence-electron chi connectivity index (χ1n) is 6.53. The average molecular weight is 237 g/mol. The van der Waals surface area contributed by atoms with E-state index in [1.54, 1.807) is 11.8 Å². The second-order valence-corrected chi connectivity index (χ2v) is 6.22. The predicted molar refractivity (Wildman–Crippen MR) is 61.3 cm³/mol. The van der Waals surface area contributed by atoms with Crippen LogP contribution in [0.1, 0.15) is 32.6 Å². The molecule has 4 nitrogen and oxygen atoms in total. The van der Waals surface area contributed by atoms with Gasteiger partial charge in [-0.2, -0.15) is 0 Å². The summed E-state index contributed by atoms with van der Waals surface area (Å²) in [5, 5.41) is 9.14. The van der Waals surface area contributed by atoms with Crippen LogP contribution in [0.4, 0.5) is 0 Å². The number of rotatable bonds is 3. The van der Waals surface area contributed by atoms with E-state index >= 15 is 0 Å². The quantitative estimate of drug-likeness (QED) is 0.806. The summed E-state index contributed by atoms with van der Waals surface area (Å²) in [7, 11) is 0. The molecule has 3 rings (SSSR count). The van der Waals surface area contributed by atoms with Crippen molar-refractivity contribution in [1.29, 1.82) is 0 Å². The van der Waals surface area contributed by atoms with Crippen molar-refractivity contribution in [1.82, 2.24) is 4.90 Å². The number of carboxylic acids is 1. The van der Waals surface area contributed by atoms with E-state index in [0.717, 1.165) is 12.3 Å². The van der Waals surface area contributed by atoms with Crippen LogP contribution in [0, 0.1) is 23.2 Å². The Morgan fingerprint density at radius 1 is 1.35 bits per heavy atom. The Hall–Kier alpha value is -1.06. The molecule has 2 aliphatic carbocycles. The SMILES string of the molecule is CC1(C(=O)O)CCN(C(=O)C2CC2C2CC2)C1. The summed E-state index contributed by atoms with van der Waals surface area (Å²) < 4.78 is 0. The predicted octanol–water partition coefficient (Wildman–Crippen LogP) is 1.36. The normalized spacial score (nSPS) is 40.4. The fourth-order valence-electron chi connectivity index (χ4n) is 3.10. The van der Waals surface area contributed by atoms with Gasteiger partial charge in [-0.1, -0.05) is 0 Å². The van der Waals surface area contributed by atoms with E-state index in [-0.39, 0.29) is 11.8 Å². The van der Waals surface area contributed by atoms with E-state index in [0.29, 0.717) is 25.4 Å².